The summed E-state index contributed by atoms with van der Waals surface area (Å²) < 4.78 is 0. The number of aromatic nitrogens is 4. The SMILES string of the molecule is CC(C)c1nc(N)c2cn[nH]c2n1. The normalized spacial score (nSPS) is 11.3. The summed E-state index contributed by atoms with van der Waals surface area (Å²) in [6.45, 7) is 4.05. The molecule has 68 valence electrons. The maximum Gasteiger partial charge on any atom is 0.161 e. The Balaban J connectivity index is 2.70. The Morgan fingerprint density at radius 1 is 1.38 bits per heavy atom. The summed E-state index contributed by atoms with van der Waals surface area (Å²) in [5, 5.41) is 7.41. The third-order valence-corrected chi connectivity index (χ3v) is 1.87. The van der Waals surface area contributed by atoms with E-state index in [1.807, 2.05) is 13.8 Å². The van der Waals surface area contributed by atoms with E-state index in [9.17, 15) is 0 Å². The van der Waals surface area contributed by atoms with Crippen molar-refractivity contribution in [3.63, 3.8) is 0 Å². The number of nitrogens with zero attached hydrogens (tertiary/aromatic N) is 3. The van der Waals surface area contributed by atoms with Crippen LogP contribution in [0.5, 0.6) is 0 Å². The standard InChI is InChI=1S/C8H11N5/c1-4(2)7-11-6(9)5-3-10-13-8(5)12-7/h3-4H,1-2H3,(H3,9,10,11,12,13). The van der Waals surface area contributed by atoms with E-state index in [0.717, 1.165) is 11.2 Å². The van der Waals surface area contributed by atoms with Crippen molar-refractivity contribution in [2.45, 2.75) is 19.8 Å². The molecule has 0 radical (unpaired) electrons. The molecule has 0 aliphatic rings. The fourth-order valence-electron chi connectivity index (χ4n) is 1.13. The summed E-state index contributed by atoms with van der Waals surface area (Å²) in [5.74, 6) is 1.51. The van der Waals surface area contributed by atoms with Crippen molar-refractivity contribution in [2.75, 3.05) is 5.73 Å². The molecule has 0 unspecified atom stereocenters. The maximum atomic E-state index is 5.73. The minimum absolute atomic E-state index is 0.273. The Bertz CT molecular complexity index is 431. The van der Waals surface area contributed by atoms with Gasteiger partial charge >= 0.3 is 0 Å². The molecule has 0 bridgehead atoms. The first-order valence-corrected chi connectivity index (χ1v) is 4.15. The second-order valence-electron chi connectivity index (χ2n) is 3.25. The lowest BCUT2D eigenvalue weighted by atomic mass is 10.2. The van der Waals surface area contributed by atoms with Gasteiger partial charge in [0.15, 0.2) is 5.65 Å². The van der Waals surface area contributed by atoms with E-state index in [1.54, 1.807) is 6.20 Å². The van der Waals surface area contributed by atoms with Crippen molar-refractivity contribution >= 4 is 16.9 Å². The molecule has 0 atom stereocenters. The molecular formula is C8H11N5. The van der Waals surface area contributed by atoms with Crippen LogP contribution >= 0.6 is 0 Å². The third kappa shape index (κ3) is 1.22. The minimum atomic E-state index is 0.273. The first-order valence-electron chi connectivity index (χ1n) is 4.15. The molecule has 5 nitrogen and oxygen atoms in total. The van der Waals surface area contributed by atoms with Gasteiger partial charge in [-0.25, -0.2) is 9.97 Å². The largest absolute Gasteiger partial charge is 0.383 e. The number of nitrogens with two attached hydrogens (primary N) is 1. The van der Waals surface area contributed by atoms with Gasteiger partial charge in [-0.05, 0) is 0 Å². The minimum Gasteiger partial charge on any atom is -0.383 e. The van der Waals surface area contributed by atoms with Crippen molar-refractivity contribution in [3.8, 4) is 0 Å². The highest BCUT2D eigenvalue weighted by Gasteiger charge is 2.08. The van der Waals surface area contributed by atoms with Gasteiger partial charge in [-0.3, -0.25) is 5.10 Å². The number of nitrogens with one attached hydrogen (secondary N) is 1. The van der Waals surface area contributed by atoms with Crippen LogP contribution in [0.25, 0.3) is 11.0 Å². The average Bonchev–Trinajstić information content (AvgIpc) is 2.51. The molecule has 0 fully saturated rings. The van der Waals surface area contributed by atoms with Gasteiger partial charge in [-0.15, -0.1) is 0 Å². The molecule has 0 aromatic carbocycles. The fraction of sp³-hybridized carbons (Fsp3) is 0.375. The van der Waals surface area contributed by atoms with Crippen molar-refractivity contribution in [3.05, 3.63) is 12.0 Å². The lowest BCUT2D eigenvalue weighted by Gasteiger charge is -2.03. The molecule has 0 aliphatic heterocycles. The van der Waals surface area contributed by atoms with Crippen LogP contribution in [0.2, 0.25) is 0 Å². The average molecular weight is 177 g/mol. The lowest BCUT2D eigenvalue weighted by Crippen LogP contribution is -2.01. The monoisotopic (exact) mass is 177 g/mol. The molecule has 2 aromatic heterocycles. The van der Waals surface area contributed by atoms with Crippen LogP contribution in [0.15, 0.2) is 6.20 Å². The first kappa shape index (κ1) is 7.97. The van der Waals surface area contributed by atoms with Gasteiger partial charge in [-0.1, -0.05) is 13.8 Å². The van der Waals surface area contributed by atoms with E-state index >= 15 is 0 Å². The van der Waals surface area contributed by atoms with Crippen molar-refractivity contribution in [1.82, 2.24) is 20.2 Å². The number of fused-ring (bicyclic) bond motifs is 1. The van der Waals surface area contributed by atoms with Gasteiger partial charge in [0.05, 0.1) is 11.6 Å². The molecule has 2 heterocycles. The molecule has 0 saturated carbocycles. The number of hydrogen-bond donors (Lipinski definition) is 2. The van der Waals surface area contributed by atoms with E-state index < -0.39 is 0 Å². The van der Waals surface area contributed by atoms with Crippen LogP contribution in [-0.4, -0.2) is 20.2 Å². The summed E-state index contributed by atoms with van der Waals surface area (Å²) in [6, 6.07) is 0. The molecule has 5 heteroatoms. The summed E-state index contributed by atoms with van der Waals surface area (Å²) >= 11 is 0. The molecule has 0 aliphatic carbocycles. The van der Waals surface area contributed by atoms with Crippen LogP contribution in [-0.2, 0) is 0 Å². The Hall–Kier alpha value is -1.65. The smallest absolute Gasteiger partial charge is 0.161 e. The number of hydrogen-bond acceptors (Lipinski definition) is 4. The van der Waals surface area contributed by atoms with Gasteiger partial charge in [0.1, 0.15) is 11.6 Å². The second-order valence-corrected chi connectivity index (χ2v) is 3.25. The van der Waals surface area contributed by atoms with Gasteiger partial charge in [0.2, 0.25) is 0 Å². The predicted molar refractivity (Wildman–Crippen MR) is 50.2 cm³/mol. The Labute approximate surface area is 75.4 Å². The first-order chi connectivity index (χ1) is 6.18. The van der Waals surface area contributed by atoms with E-state index in [4.69, 9.17) is 5.73 Å². The van der Waals surface area contributed by atoms with Crippen LogP contribution < -0.4 is 5.73 Å². The summed E-state index contributed by atoms with van der Waals surface area (Å²) in [5.41, 5.74) is 6.43. The zero-order valence-electron chi connectivity index (χ0n) is 7.57. The highest BCUT2D eigenvalue weighted by atomic mass is 15.2. The highest BCUT2D eigenvalue weighted by Crippen LogP contribution is 2.18. The second kappa shape index (κ2) is 2.69. The molecule has 2 rings (SSSR count). The number of aromatic amines is 1. The van der Waals surface area contributed by atoms with E-state index in [2.05, 4.69) is 20.2 Å². The Kier molecular flexibility index (Phi) is 1.65. The van der Waals surface area contributed by atoms with Crippen molar-refractivity contribution in [1.29, 1.82) is 0 Å². The van der Waals surface area contributed by atoms with E-state index in [1.165, 1.54) is 0 Å². The zero-order chi connectivity index (χ0) is 9.42. The molecule has 0 amide bonds. The molecule has 0 spiro atoms. The van der Waals surface area contributed by atoms with Gasteiger partial charge in [0, 0.05) is 5.92 Å². The number of rotatable bonds is 1. The summed E-state index contributed by atoms with van der Waals surface area (Å²) in [7, 11) is 0. The van der Waals surface area contributed by atoms with Crippen molar-refractivity contribution < 1.29 is 0 Å². The quantitative estimate of drug-likeness (QED) is 0.682. The van der Waals surface area contributed by atoms with Crippen molar-refractivity contribution in [2.24, 2.45) is 0 Å². The van der Waals surface area contributed by atoms with Gasteiger partial charge in [0.25, 0.3) is 0 Å². The van der Waals surface area contributed by atoms with Crippen LogP contribution in [0.3, 0.4) is 0 Å². The van der Waals surface area contributed by atoms with Gasteiger partial charge in [-0.2, -0.15) is 5.10 Å². The topological polar surface area (TPSA) is 80.5 Å². The molecule has 2 aromatic rings. The van der Waals surface area contributed by atoms with E-state index in [-0.39, 0.29) is 5.92 Å². The molecule has 0 saturated heterocycles. The summed E-state index contributed by atoms with van der Waals surface area (Å²) in [4.78, 5) is 8.47. The molecule has 13 heavy (non-hydrogen) atoms. The molecular weight excluding hydrogens is 166 g/mol. The predicted octanol–water partition coefficient (Wildman–Crippen LogP) is 1.06. The summed E-state index contributed by atoms with van der Waals surface area (Å²) in [6.07, 6.45) is 1.63. The van der Waals surface area contributed by atoms with E-state index in [0.29, 0.717) is 11.5 Å². The fourth-order valence-corrected chi connectivity index (χ4v) is 1.13. The van der Waals surface area contributed by atoms with Gasteiger partial charge < -0.3 is 5.73 Å². The zero-order valence-corrected chi connectivity index (χ0v) is 7.57. The number of nitrogen functional groups attached to an aromatic ring is 1. The van der Waals surface area contributed by atoms with Crippen LogP contribution in [0, 0.1) is 0 Å². The number of H-pyrrole nitrogens is 1. The number of anilines is 1. The Morgan fingerprint density at radius 2 is 2.15 bits per heavy atom. The Morgan fingerprint density at radius 3 is 2.85 bits per heavy atom. The van der Waals surface area contributed by atoms with Crippen LogP contribution in [0.1, 0.15) is 25.6 Å². The van der Waals surface area contributed by atoms with Crippen LogP contribution in [0.4, 0.5) is 5.82 Å². The maximum absolute atomic E-state index is 5.73. The third-order valence-electron chi connectivity index (χ3n) is 1.87. The highest BCUT2D eigenvalue weighted by molar-refractivity contribution is 5.84. The lowest BCUT2D eigenvalue weighted by molar-refractivity contribution is 0.783. The molecule has 3 N–H and O–H groups in total.